The van der Waals surface area contributed by atoms with Crippen molar-refractivity contribution in [3.8, 4) is 0 Å². The lowest BCUT2D eigenvalue weighted by molar-refractivity contribution is -0.137. The molecule has 0 fully saturated rings. The van der Waals surface area contributed by atoms with E-state index in [1.165, 1.54) is 6.07 Å². The van der Waals surface area contributed by atoms with Crippen LogP contribution in [0.2, 0.25) is 5.02 Å². The Balaban J connectivity index is 2.08. The number of hydrogen-bond acceptors (Lipinski definition) is 2. The minimum Gasteiger partial charge on any atom is -0.378 e. The average Bonchev–Trinajstić information content (AvgIpc) is 2.45. The first-order valence-corrected chi connectivity index (χ1v) is 6.85. The summed E-state index contributed by atoms with van der Waals surface area (Å²) < 4.78 is 38.3. The molecule has 0 bridgehead atoms. The lowest BCUT2D eigenvalue weighted by Crippen LogP contribution is -2.15. The highest BCUT2D eigenvalue weighted by molar-refractivity contribution is 6.31. The van der Waals surface area contributed by atoms with Crippen molar-refractivity contribution in [1.29, 1.82) is 0 Å². The van der Waals surface area contributed by atoms with Gasteiger partial charge in [-0.3, -0.25) is 4.79 Å². The molecule has 0 saturated heterocycles. The topological polar surface area (TPSA) is 29.1 Å². The summed E-state index contributed by atoms with van der Waals surface area (Å²) in [5.41, 5.74) is 0.791. The molecule has 0 aliphatic carbocycles. The van der Waals surface area contributed by atoms with E-state index in [1.54, 1.807) is 24.3 Å². The van der Waals surface area contributed by atoms with Crippen molar-refractivity contribution in [3.05, 3.63) is 64.2 Å². The van der Waals surface area contributed by atoms with Gasteiger partial charge in [0.25, 0.3) is 0 Å². The molecule has 22 heavy (non-hydrogen) atoms. The molecule has 6 heteroatoms. The van der Waals surface area contributed by atoms with Gasteiger partial charge in [-0.05, 0) is 25.1 Å². The Bertz CT molecular complexity index is 681. The summed E-state index contributed by atoms with van der Waals surface area (Å²) in [6, 6.07) is 10.4. The van der Waals surface area contributed by atoms with Crippen molar-refractivity contribution in [2.24, 2.45) is 0 Å². The maximum absolute atomic E-state index is 12.8. The van der Waals surface area contributed by atoms with Crippen molar-refractivity contribution in [1.82, 2.24) is 0 Å². The number of halogens is 4. The van der Waals surface area contributed by atoms with Crippen LogP contribution < -0.4 is 5.32 Å². The Hall–Kier alpha value is -2.01. The normalized spacial score (nSPS) is 11.3. The number of rotatable bonds is 4. The molecule has 0 saturated carbocycles. The van der Waals surface area contributed by atoms with Gasteiger partial charge in [0, 0.05) is 11.3 Å². The molecule has 0 atom stereocenters. The van der Waals surface area contributed by atoms with Crippen molar-refractivity contribution < 1.29 is 18.0 Å². The first-order chi connectivity index (χ1) is 10.3. The van der Waals surface area contributed by atoms with Crippen molar-refractivity contribution in [3.63, 3.8) is 0 Å². The van der Waals surface area contributed by atoms with E-state index < -0.39 is 11.7 Å². The zero-order valence-corrected chi connectivity index (χ0v) is 12.4. The fourth-order valence-corrected chi connectivity index (χ4v) is 2.10. The molecule has 0 heterocycles. The van der Waals surface area contributed by atoms with Crippen LogP contribution in [0.1, 0.15) is 21.5 Å². The van der Waals surface area contributed by atoms with E-state index >= 15 is 0 Å². The van der Waals surface area contributed by atoms with E-state index in [0.717, 1.165) is 17.7 Å². The Labute approximate surface area is 130 Å². The van der Waals surface area contributed by atoms with Gasteiger partial charge in [0.2, 0.25) is 0 Å². The number of nitrogens with one attached hydrogen (secondary N) is 1. The van der Waals surface area contributed by atoms with Gasteiger partial charge >= 0.3 is 6.18 Å². The predicted molar refractivity (Wildman–Crippen MR) is 80.5 cm³/mol. The number of carbonyl (C=O) groups is 1. The van der Waals surface area contributed by atoms with E-state index in [1.807, 2.05) is 6.92 Å². The van der Waals surface area contributed by atoms with Crippen LogP contribution in [0.25, 0.3) is 0 Å². The van der Waals surface area contributed by atoms with Crippen LogP contribution in [0.4, 0.5) is 18.9 Å². The number of benzene rings is 2. The van der Waals surface area contributed by atoms with E-state index in [2.05, 4.69) is 5.32 Å². The number of hydrogen-bond donors (Lipinski definition) is 1. The van der Waals surface area contributed by atoms with E-state index in [0.29, 0.717) is 5.56 Å². The minimum absolute atomic E-state index is 0.0952. The maximum atomic E-state index is 12.8. The van der Waals surface area contributed by atoms with Crippen LogP contribution in [0.15, 0.2) is 42.5 Å². The third kappa shape index (κ3) is 4.01. The van der Waals surface area contributed by atoms with Gasteiger partial charge < -0.3 is 5.32 Å². The molecule has 2 aromatic carbocycles. The summed E-state index contributed by atoms with van der Waals surface area (Å²) in [5.74, 6) is -0.205. The molecule has 0 amide bonds. The summed E-state index contributed by atoms with van der Waals surface area (Å²) in [7, 11) is 0. The van der Waals surface area contributed by atoms with Crippen LogP contribution in [-0.2, 0) is 6.18 Å². The fraction of sp³-hybridized carbons (Fsp3) is 0.188. The van der Waals surface area contributed by atoms with Gasteiger partial charge in [-0.2, -0.15) is 13.2 Å². The second-order valence-electron chi connectivity index (χ2n) is 4.84. The zero-order chi connectivity index (χ0) is 16.3. The maximum Gasteiger partial charge on any atom is 0.417 e. The first kappa shape index (κ1) is 16.4. The monoisotopic (exact) mass is 327 g/mol. The molecular weight excluding hydrogens is 315 g/mol. The predicted octanol–water partition coefficient (Wildman–Crippen LogP) is 4.96. The van der Waals surface area contributed by atoms with E-state index in [4.69, 9.17) is 11.6 Å². The van der Waals surface area contributed by atoms with Gasteiger partial charge in [-0.1, -0.05) is 41.4 Å². The van der Waals surface area contributed by atoms with Crippen LogP contribution in [0.5, 0.6) is 0 Å². The summed E-state index contributed by atoms with van der Waals surface area (Å²) in [5, 5.41) is 2.32. The van der Waals surface area contributed by atoms with Crippen molar-refractivity contribution in [2.45, 2.75) is 13.1 Å². The number of anilines is 1. The number of ketones is 1. The fourth-order valence-electron chi connectivity index (χ4n) is 1.88. The zero-order valence-electron chi connectivity index (χ0n) is 11.7. The third-order valence-electron chi connectivity index (χ3n) is 3.10. The second-order valence-corrected chi connectivity index (χ2v) is 5.24. The largest absolute Gasteiger partial charge is 0.417 e. The smallest absolute Gasteiger partial charge is 0.378 e. The highest BCUT2D eigenvalue weighted by Crippen LogP contribution is 2.36. The minimum atomic E-state index is -4.53. The lowest BCUT2D eigenvalue weighted by atomic mass is 10.1. The number of Topliss-reactive ketones (excluding diaryl/α,β-unsaturated/α-hetero) is 1. The Kier molecular flexibility index (Phi) is 4.76. The highest BCUT2D eigenvalue weighted by atomic mass is 35.5. The van der Waals surface area contributed by atoms with E-state index in [-0.39, 0.29) is 23.0 Å². The molecule has 2 aromatic rings. The summed E-state index contributed by atoms with van der Waals surface area (Å²) in [6.07, 6.45) is -4.53. The lowest BCUT2D eigenvalue weighted by Gasteiger charge is -2.12. The molecule has 2 nitrogen and oxygen atoms in total. The van der Waals surface area contributed by atoms with Gasteiger partial charge in [0.15, 0.2) is 5.78 Å². The number of carbonyl (C=O) groups excluding carboxylic acids is 1. The molecule has 116 valence electrons. The summed E-state index contributed by atoms with van der Waals surface area (Å²) >= 11 is 5.54. The second kappa shape index (κ2) is 6.40. The van der Waals surface area contributed by atoms with E-state index in [9.17, 15) is 18.0 Å². The average molecular weight is 328 g/mol. The van der Waals surface area contributed by atoms with Crippen LogP contribution in [-0.4, -0.2) is 12.3 Å². The van der Waals surface area contributed by atoms with Gasteiger partial charge in [-0.15, -0.1) is 0 Å². The molecule has 2 rings (SSSR count). The number of alkyl halides is 3. The van der Waals surface area contributed by atoms with Gasteiger partial charge in [0.1, 0.15) is 0 Å². The standard InChI is InChI=1S/C16H13ClF3NO/c1-10-2-4-11(5-3-10)15(22)9-21-12-6-7-14(17)13(8-12)16(18,19)20/h2-8,21H,9H2,1H3. The molecule has 0 aromatic heterocycles. The summed E-state index contributed by atoms with van der Waals surface area (Å²) in [4.78, 5) is 12.0. The Morgan fingerprint density at radius 1 is 1.14 bits per heavy atom. The first-order valence-electron chi connectivity index (χ1n) is 6.48. The Morgan fingerprint density at radius 2 is 1.77 bits per heavy atom. The van der Waals surface area contributed by atoms with Crippen molar-refractivity contribution >= 4 is 23.1 Å². The molecular formula is C16H13ClF3NO. The van der Waals surface area contributed by atoms with Gasteiger partial charge in [0.05, 0.1) is 17.1 Å². The van der Waals surface area contributed by atoms with Crippen molar-refractivity contribution in [2.75, 3.05) is 11.9 Å². The van der Waals surface area contributed by atoms with Gasteiger partial charge in [-0.25, -0.2) is 0 Å². The molecule has 0 aliphatic rings. The molecule has 0 aliphatic heterocycles. The Morgan fingerprint density at radius 3 is 2.36 bits per heavy atom. The molecule has 1 N–H and O–H groups in total. The quantitative estimate of drug-likeness (QED) is 0.804. The third-order valence-corrected chi connectivity index (χ3v) is 3.43. The highest BCUT2D eigenvalue weighted by Gasteiger charge is 2.33. The van der Waals surface area contributed by atoms with Crippen LogP contribution in [0.3, 0.4) is 0 Å². The molecule has 0 radical (unpaired) electrons. The van der Waals surface area contributed by atoms with Crippen LogP contribution >= 0.6 is 11.6 Å². The molecule has 0 unspecified atom stereocenters. The summed E-state index contributed by atoms with van der Waals surface area (Å²) in [6.45, 7) is 1.81. The number of aryl methyl sites for hydroxylation is 1. The molecule has 0 spiro atoms. The van der Waals surface area contributed by atoms with Crippen LogP contribution in [0, 0.1) is 6.92 Å². The SMILES string of the molecule is Cc1ccc(C(=O)CNc2ccc(Cl)c(C(F)(F)F)c2)cc1.